The summed E-state index contributed by atoms with van der Waals surface area (Å²) in [7, 11) is 0. The first-order valence-electron chi connectivity index (χ1n) is 6.64. The highest BCUT2D eigenvalue weighted by Gasteiger charge is 2.27. The zero-order valence-corrected chi connectivity index (χ0v) is 12.2. The number of nitrogens with two attached hydrogens (primary N) is 1. The molecule has 1 heterocycles. The van der Waals surface area contributed by atoms with Crippen LogP contribution >= 0.6 is 0 Å². The molecular formula is C17H11N5O. The maximum absolute atomic E-state index is 12.8. The predicted molar refractivity (Wildman–Crippen MR) is 81.9 cm³/mol. The lowest BCUT2D eigenvalue weighted by molar-refractivity contribution is 0.103. The Bertz CT molecular complexity index is 884. The second-order valence-electron chi connectivity index (χ2n) is 4.76. The Hall–Kier alpha value is -3.69. The van der Waals surface area contributed by atoms with Gasteiger partial charge in [-0.25, -0.2) is 4.98 Å². The lowest BCUT2D eigenvalue weighted by atomic mass is 9.90. The van der Waals surface area contributed by atoms with Crippen LogP contribution in [0, 0.1) is 40.9 Å². The van der Waals surface area contributed by atoms with Gasteiger partial charge < -0.3 is 5.73 Å². The fourth-order valence-electron chi connectivity index (χ4n) is 2.27. The third-order valence-corrected chi connectivity index (χ3v) is 3.41. The molecule has 0 aliphatic rings. The molecule has 6 nitrogen and oxygen atoms in total. The fraction of sp³-hybridized carbons (Fsp3) is 0.118. The number of nitrogen functional groups attached to an aromatic ring is 1. The van der Waals surface area contributed by atoms with Crippen LogP contribution in [0.25, 0.3) is 0 Å². The third-order valence-electron chi connectivity index (χ3n) is 3.41. The number of nitriles is 3. The molecule has 2 N–H and O–H groups in total. The topological polar surface area (TPSA) is 127 Å². The van der Waals surface area contributed by atoms with Gasteiger partial charge in [-0.15, -0.1) is 0 Å². The third kappa shape index (κ3) is 2.72. The van der Waals surface area contributed by atoms with E-state index in [2.05, 4.69) is 4.98 Å². The Morgan fingerprint density at radius 2 is 1.78 bits per heavy atom. The lowest BCUT2D eigenvalue weighted by Gasteiger charge is -2.14. The molecule has 1 aromatic carbocycles. The number of ketones is 1. The molecule has 0 saturated carbocycles. The Balaban J connectivity index is 2.80. The van der Waals surface area contributed by atoms with Gasteiger partial charge in [-0.05, 0) is 12.5 Å². The van der Waals surface area contributed by atoms with Crippen molar-refractivity contribution >= 4 is 11.6 Å². The maximum atomic E-state index is 12.8. The van der Waals surface area contributed by atoms with Crippen molar-refractivity contribution in [2.24, 2.45) is 0 Å². The molecule has 6 heteroatoms. The van der Waals surface area contributed by atoms with E-state index in [-0.39, 0.29) is 22.6 Å². The Morgan fingerprint density at radius 1 is 1.17 bits per heavy atom. The van der Waals surface area contributed by atoms with Crippen molar-refractivity contribution in [3.8, 4) is 18.2 Å². The van der Waals surface area contributed by atoms with Crippen molar-refractivity contribution in [1.82, 2.24) is 4.98 Å². The smallest absolute Gasteiger partial charge is 0.195 e. The SMILES string of the molecule is Cc1c(C#N)c(N)nc(C(C#N)C#N)c1C(=O)c1ccccc1. The summed E-state index contributed by atoms with van der Waals surface area (Å²) in [6.07, 6.45) is 0. The van der Waals surface area contributed by atoms with Crippen LogP contribution in [0.1, 0.15) is 38.7 Å². The van der Waals surface area contributed by atoms with E-state index in [4.69, 9.17) is 16.3 Å². The van der Waals surface area contributed by atoms with Crippen LogP contribution in [0.2, 0.25) is 0 Å². The van der Waals surface area contributed by atoms with Crippen molar-refractivity contribution < 1.29 is 4.79 Å². The number of benzene rings is 1. The Morgan fingerprint density at radius 3 is 2.30 bits per heavy atom. The number of hydrogen-bond donors (Lipinski definition) is 1. The van der Waals surface area contributed by atoms with Crippen molar-refractivity contribution in [2.75, 3.05) is 5.73 Å². The summed E-state index contributed by atoms with van der Waals surface area (Å²) in [6, 6.07) is 13.9. The molecule has 0 bridgehead atoms. The van der Waals surface area contributed by atoms with Gasteiger partial charge in [0, 0.05) is 5.56 Å². The van der Waals surface area contributed by atoms with Crippen LogP contribution in [-0.4, -0.2) is 10.8 Å². The molecule has 0 fully saturated rings. The summed E-state index contributed by atoms with van der Waals surface area (Å²) in [6.45, 7) is 1.56. The number of pyridine rings is 1. The standard InChI is InChI=1S/C17H11N5O/c1-10-13(9-20)17(21)22-15(12(7-18)8-19)14(10)16(23)11-5-3-2-4-6-11/h2-6,12H,1H3,(H2,21,22). The number of rotatable bonds is 3. The van der Waals surface area contributed by atoms with E-state index >= 15 is 0 Å². The maximum Gasteiger partial charge on any atom is 0.195 e. The van der Waals surface area contributed by atoms with Crippen LogP contribution in [0.5, 0.6) is 0 Å². The highest BCUT2D eigenvalue weighted by Crippen LogP contribution is 2.28. The van der Waals surface area contributed by atoms with E-state index in [0.29, 0.717) is 11.1 Å². The molecule has 0 radical (unpaired) electrons. The normalized spacial score (nSPS) is 9.70. The van der Waals surface area contributed by atoms with E-state index in [1.807, 2.05) is 6.07 Å². The summed E-state index contributed by atoms with van der Waals surface area (Å²) < 4.78 is 0. The van der Waals surface area contributed by atoms with Gasteiger partial charge in [-0.3, -0.25) is 4.79 Å². The summed E-state index contributed by atoms with van der Waals surface area (Å²) in [4.78, 5) is 16.8. The van der Waals surface area contributed by atoms with Crippen molar-refractivity contribution in [2.45, 2.75) is 12.8 Å². The molecule has 0 atom stereocenters. The molecule has 110 valence electrons. The number of carbonyl (C=O) groups excluding carboxylic acids is 1. The van der Waals surface area contributed by atoms with Gasteiger partial charge in [0.25, 0.3) is 0 Å². The zero-order chi connectivity index (χ0) is 17.0. The summed E-state index contributed by atoms with van der Waals surface area (Å²) >= 11 is 0. The van der Waals surface area contributed by atoms with Crippen LogP contribution in [0.3, 0.4) is 0 Å². The van der Waals surface area contributed by atoms with Gasteiger partial charge >= 0.3 is 0 Å². The van der Waals surface area contributed by atoms with Crippen LogP contribution in [-0.2, 0) is 0 Å². The van der Waals surface area contributed by atoms with Crippen LogP contribution in [0.15, 0.2) is 30.3 Å². The number of hydrogen-bond acceptors (Lipinski definition) is 6. The molecule has 0 saturated heterocycles. The average molecular weight is 301 g/mol. The van der Waals surface area contributed by atoms with Gasteiger partial charge in [0.15, 0.2) is 11.7 Å². The average Bonchev–Trinajstić information content (AvgIpc) is 2.56. The van der Waals surface area contributed by atoms with Crippen LogP contribution in [0.4, 0.5) is 5.82 Å². The molecule has 1 aromatic heterocycles. The minimum absolute atomic E-state index is 0.0159. The predicted octanol–water partition coefficient (Wildman–Crippen LogP) is 2.21. The molecule has 0 spiro atoms. The minimum atomic E-state index is -1.24. The van der Waals surface area contributed by atoms with Gasteiger partial charge in [0.2, 0.25) is 0 Å². The van der Waals surface area contributed by atoms with Crippen molar-refractivity contribution in [3.05, 3.63) is 58.3 Å². The molecule has 23 heavy (non-hydrogen) atoms. The molecule has 0 aliphatic heterocycles. The molecule has 2 aromatic rings. The van der Waals surface area contributed by atoms with Gasteiger partial charge in [-0.1, -0.05) is 30.3 Å². The fourth-order valence-corrected chi connectivity index (χ4v) is 2.27. The quantitative estimate of drug-likeness (QED) is 0.865. The summed E-state index contributed by atoms with van der Waals surface area (Å²) in [5, 5.41) is 27.5. The molecule has 2 rings (SSSR count). The van der Waals surface area contributed by atoms with Crippen molar-refractivity contribution in [1.29, 1.82) is 15.8 Å². The summed E-state index contributed by atoms with van der Waals surface area (Å²) in [5.41, 5.74) is 6.55. The first kappa shape index (κ1) is 15.7. The highest BCUT2D eigenvalue weighted by molar-refractivity contribution is 6.11. The van der Waals surface area contributed by atoms with Crippen molar-refractivity contribution in [3.63, 3.8) is 0 Å². The Labute approximate surface area is 133 Å². The number of carbonyl (C=O) groups is 1. The summed E-state index contributed by atoms with van der Waals surface area (Å²) in [5.74, 6) is -1.75. The van der Waals surface area contributed by atoms with E-state index in [1.165, 1.54) is 0 Å². The second-order valence-corrected chi connectivity index (χ2v) is 4.76. The monoisotopic (exact) mass is 301 g/mol. The van der Waals surface area contributed by atoms with E-state index in [0.717, 1.165) is 0 Å². The molecule has 0 aliphatic carbocycles. The van der Waals surface area contributed by atoms with Gasteiger partial charge in [-0.2, -0.15) is 15.8 Å². The van der Waals surface area contributed by atoms with E-state index in [1.54, 1.807) is 49.4 Å². The number of anilines is 1. The minimum Gasteiger partial charge on any atom is -0.383 e. The highest BCUT2D eigenvalue weighted by atomic mass is 16.1. The largest absolute Gasteiger partial charge is 0.383 e. The first-order valence-corrected chi connectivity index (χ1v) is 6.64. The lowest BCUT2D eigenvalue weighted by Crippen LogP contribution is -2.15. The second kappa shape index (κ2) is 6.39. The van der Waals surface area contributed by atoms with Gasteiger partial charge in [0.1, 0.15) is 11.9 Å². The number of nitrogens with zero attached hydrogens (tertiary/aromatic N) is 4. The Kier molecular flexibility index (Phi) is 4.36. The molecule has 0 unspecified atom stereocenters. The number of aromatic nitrogens is 1. The zero-order valence-electron chi connectivity index (χ0n) is 12.2. The molecular weight excluding hydrogens is 290 g/mol. The van der Waals surface area contributed by atoms with Crippen LogP contribution < -0.4 is 5.73 Å². The van der Waals surface area contributed by atoms with E-state index in [9.17, 15) is 10.1 Å². The van der Waals surface area contributed by atoms with Gasteiger partial charge in [0.05, 0.1) is 29.0 Å². The van der Waals surface area contributed by atoms with E-state index < -0.39 is 11.7 Å². The first-order chi connectivity index (χ1) is 11.0. The molecule has 0 amide bonds.